The number of rotatable bonds is 4. The summed E-state index contributed by atoms with van der Waals surface area (Å²) in [6.45, 7) is 7.70. The molecule has 0 aliphatic carbocycles. The fourth-order valence-corrected chi connectivity index (χ4v) is 3.64. The third-order valence-corrected chi connectivity index (χ3v) is 4.86. The van der Waals surface area contributed by atoms with Crippen LogP contribution in [0.25, 0.3) is 0 Å². The summed E-state index contributed by atoms with van der Waals surface area (Å²) in [5.41, 5.74) is 3.49. The fraction of sp³-hybridized carbons (Fsp3) is 0.600. The van der Waals surface area contributed by atoms with Crippen LogP contribution in [0.1, 0.15) is 42.4 Å². The molecule has 4 heteroatoms. The topological polar surface area (TPSA) is 37.4 Å². The lowest BCUT2D eigenvalue weighted by molar-refractivity contribution is 0.222. The molecule has 3 nitrogen and oxygen atoms in total. The van der Waals surface area contributed by atoms with Gasteiger partial charge in [0.15, 0.2) is 0 Å². The van der Waals surface area contributed by atoms with Crippen molar-refractivity contribution >= 4 is 10.7 Å². The van der Waals surface area contributed by atoms with Crippen LogP contribution in [0, 0.1) is 6.92 Å². The molecule has 0 spiro atoms. The van der Waals surface area contributed by atoms with Gasteiger partial charge >= 0.3 is 0 Å². The van der Waals surface area contributed by atoms with E-state index in [4.69, 9.17) is 0 Å². The van der Waals surface area contributed by atoms with Crippen molar-refractivity contribution < 1.29 is 8.42 Å². The predicted molar refractivity (Wildman–Crippen MR) is 79.3 cm³/mol. The average Bonchev–Trinajstić information content (AvgIpc) is 2.41. The second-order valence-electron chi connectivity index (χ2n) is 5.33. The molecule has 0 aromatic heterocycles. The molecule has 0 unspecified atom stereocenters. The van der Waals surface area contributed by atoms with Gasteiger partial charge in [-0.15, -0.1) is 0 Å². The molecular formula is C15H23NO2S. The van der Waals surface area contributed by atoms with Crippen molar-refractivity contribution in [2.45, 2.75) is 38.4 Å². The summed E-state index contributed by atoms with van der Waals surface area (Å²) in [4.78, 5) is 2.48. The van der Waals surface area contributed by atoms with E-state index < -0.39 is 10.7 Å². The van der Waals surface area contributed by atoms with Gasteiger partial charge in [-0.2, -0.15) is 0 Å². The summed E-state index contributed by atoms with van der Waals surface area (Å²) in [7, 11) is -2.34. The van der Waals surface area contributed by atoms with Gasteiger partial charge in [0.05, 0.1) is 5.75 Å². The largest absolute Gasteiger partial charge is 0.304 e. The van der Waals surface area contributed by atoms with Crippen molar-refractivity contribution in [1.82, 2.24) is 4.90 Å². The number of hydrogen-bond donors (Lipinski definition) is 1. The summed E-state index contributed by atoms with van der Waals surface area (Å²) in [6, 6.07) is 6.11. The SMILES string of the molecule is CCN1CCC(c2cccc(C[SH](=O)=O)c2C)CC1. The van der Waals surface area contributed by atoms with Crippen molar-refractivity contribution in [2.24, 2.45) is 0 Å². The van der Waals surface area contributed by atoms with E-state index in [2.05, 4.69) is 24.8 Å². The Labute approximate surface area is 117 Å². The Balaban J connectivity index is 2.16. The molecule has 19 heavy (non-hydrogen) atoms. The van der Waals surface area contributed by atoms with Gasteiger partial charge in [-0.3, -0.25) is 0 Å². The standard InChI is InChI=1S/C15H23NO2S/c1-3-16-9-7-13(8-10-16)15-6-4-5-14(12(15)2)11-19(17)18/h4-6,13,19H,3,7-11H2,1-2H3. The molecule has 1 aliphatic rings. The van der Waals surface area contributed by atoms with E-state index in [1.165, 1.54) is 24.0 Å². The number of hydrogen-bond acceptors (Lipinski definition) is 3. The van der Waals surface area contributed by atoms with E-state index in [0.717, 1.165) is 25.2 Å². The molecule has 1 saturated heterocycles. The van der Waals surface area contributed by atoms with E-state index in [0.29, 0.717) is 5.92 Å². The Kier molecular flexibility index (Phi) is 4.99. The smallest absolute Gasteiger partial charge is 0.144 e. The minimum atomic E-state index is -2.34. The molecule has 2 rings (SSSR count). The van der Waals surface area contributed by atoms with Crippen LogP contribution >= 0.6 is 0 Å². The molecule has 1 aliphatic heterocycles. The molecule has 0 amide bonds. The zero-order valence-electron chi connectivity index (χ0n) is 11.8. The van der Waals surface area contributed by atoms with Crippen molar-refractivity contribution in [2.75, 3.05) is 19.6 Å². The van der Waals surface area contributed by atoms with Crippen molar-refractivity contribution in [3.63, 3.8) is 0 Å². The van der Waals surface area contributed by atoms with E-state index in [1.807, 2.05) is 12.1 Å². The number of likely N-dealkylation sites (tertiary alicyclic amines) is 1. The second-order valence-corrected chi connectivity index (χ2v) is 6.31. The van der Waals surface area contributed by atoms with Gasteiger partial charge < -0.3 is 4.90 Å². The third-order valence-electron chi connectivity index (χ3n) is 4.26. The maximum Gasteiger partial charge on any atom is 0.144 e. The number of thiol groups is 1. The quantitative estimate of drug-likeness (QED) is 0.861. The predicted octanol–water partition coefficient (Wildman–Crippen LogP) is 2.31. The molecule has 1 heterocycles. The molecule has 1 aromatic rings. The Bertz CT molecular complexity index is 495. The molecule has 1 fully saturated rings. The molecule has 1 aromatic carbocycles. The van der Waals surface area contributed by atoms with E-state index in [9.17, 15) is 8.42 Å². The van der Waals surface area contributed by atoms with Crippen LogP contribution in [0.2, 0.25) is 0 Å². The highest BCUT2D eigenvalue weighted by molar-refractivity contribution is 7.71. The summed E-state index contributed by atoms with van der Waals surface area (Å²) in [6.07, 6.45) is 2.36. The number of piperidine rings is 1. The lowest BCUT2D eigenvalue weighted by Gasteiger charge is -2.32. The van der Waals surface area contributed by atoms with Crippen molar-refractivity contribution in [3.05, 3.63) is 34.9 Å². The first kappa shape index (κ1) is 14.5. The molecule has 106 valence electrons. The van der Waals surface area contributed by atoms with Crippen molar-refractivity contribution in [3.8, 4) is 0 Å². The van der Waals surface area contributed by atoms with Gasteiger partial charge in [-0.25, -0.2) is 8.42 Å². The Morgan fingerprint density at radius 3 is 2.53 bits per heavy atom. The van der Waals surface area contributed by atoms with Gasteiger partial charge in [-0.05, 0) is 62.0 Å². The molecule has 0 bridgehead atoms. The highest BCUT2D eigenvalue weighted by Gasteiger charge is 2.21. The fourth-order valence-electron chi connectivity index (χ4n) is 3.02. The third kappa shape index (κ3) is 3.57. The minimum Gasteiger partial charge on any atom is -0.304 e. The summed E-state index contributed by atoms with van der Waals surface area (Å²) < 4.78 is 21.8. The minimum absolute atomic E-state index is 0.169. The highest BCUT2D eigenvalue weighted by Crippen LogP contribution is 2.31. The van der Waals surface area contributed by atoms with Crippen LogP contribution in [-0.2, 0) is 16.5 Å². The van der Waals surface area contributed by atoms with Crippen LogP contribution in [-0.4, -0.2) is 33.0 Å². The summed E-state index contributed by atoms with van der Waals surface area (Å²) in [5.74, 6) is 0.760. The first-order valence-electron chi connectivity index (χ1n) is 7.04. The van der Waals surface area contributed by atoms with Crippen molar-refractivity contribution in [1.29, 1.82) is 0 Å². The van der Waals surface area contributed by atoms with Gasteiger partial charge in [0.1, 0.15) is 10.7 Å². The first-order chi connectivity index (χ1) is 9.11. The molecular weight excluding hydrogens is 258 g/mol. The van der Waals surface area contributed by atoms with Gasteiger partial charge in [0.25, 0.3) is 0 Å². The average molecular weight is 281 g/mol. The number of benzene rings is 1. The lowest BCUT2D eigenvalue weighted by Crippen LogP contribution is -2.32. The zero-order chi connectivity index (χ0) is 13.8. The van der Waals surface area contributed by atoms with Crippen LogP contribution in [0.5, 0.6) is 0 Å². The molecule has 0 atom stereocenters. The Morgan fingerprint density at radius 1 is 1.26 bits per heavy atom. The van der Waals surface area contributed by atoms with Crippen LogP contribution in [0.4, 0.5) is 0 Å². The maximum atomic E-state index is 10.9. The Morgan fingerprint density at radius 2 is 1.95 bits per heavy atom. The summed E-state index contributed by atoms with van der Waals surface area (Å²) in [5, 5.41) is 0. The molecule has 0 radical (unpaired) electrons. The Hall–Kier alpha value is -0.870. The molecule has 0 saturated carbocycles. The first-order valence-corrected chi connectivity index (χ1v) is 8.40. The van der Waals surface area contributed by atoms with Crippen LogP contribution < -0.4 is 0 Å². The second kappa shape index (κ2) is 6.53. The lowest BCUT2D eigenvalue weighted by atomic mass is 9.85. The monoisotopic (exact) mass is 281 g/mol. The van der Waals surface area contributed by atoms with E-state index in [-0.39, 0.29) is 5.75 Å². The van der Waals surface area contributed by atoms with Gasteiger partial charge in [0.2, 0.25) is 0 Å². The maximum absolute atomic E-state index is 10.9. The zero-order valence-corrected chi connectivity index (χ0v) is 12.7. The molecule has 0 N–H and O–H groups in total. The van der Waals surface area contributed by atoms with Crippen LogP contribution in [0.3, 0.4) is 0 Å². The normalized spacial score (nSPS) is 18.1. The van der Waals surface area contributed by atoms with E-state index >= 15 is 0 Å². The van der Waals surface area contributed by atoms with Gasteiger partial charge in [-0.1, -0.05) is 25.1 Å². The summed E-state index contributed by atoms with van der Waals surface area (Å²) >= 11 is 0. The van der Waals surface area contributed by atoms with Gasteiger partial charge in [0, 0.05) is 0 Å². The van der Waals surface area contributed by atoms with Crippen LogP contribution in [0.15, 0.2) is 18.2 Å². The number of nitrogens with zero attached hydrogens (tertiary/aromatic N) is 1. The van der Waals surface area contributed by atoms with E-state index in [1.54, 1.807) is 0 Å². The highest BCUT2D eigenvalue weighted by atomic mass is 32.2.